The van der Waals surface area contributed by atoms with E-state index < -0.39 is 0 Å². The van der Waals surface area contributed by atoms with Crippen LogP contribution in [0.1, 0.15) is 56.2 Å². The first-order valence-electron chi connectivity index (χ1n) is 10.7. The molecule has 1 unspecified atom stereocenters. The molecule has 0 N–H and O–H groups in total. The third kappa shape index (κ3) is 3.78. The molecular weight excluding hydrogens is 330 g/mol. The molecule has 1 saturated heterocycles. The molecule has 2 nitrogen and oxygen atoms in total. The number of aryl methyl sites for hydroxylation is 1. The average Bonchev–Trinajstić information content (AvgIpc) is 3.27. The summed E-state index contributed by atoms with van der Waals surface area (Å²) in [5.74, 6) is 1.05. The van der Waals surface area contributed by atoms with Crippen LogP contribution in [-0.2, 0) is 12.8 Å². The predicted octanol–water partition coefficient (Wildman–Crippen LogP) is 5.79. The molecule has 4 rings (SSSR count). The largest absolute Gasteiger partial charge is 0.493 e. The molecule has 1 aliphatic heterocycles. The first kappa shape index (κ1) is 18.6. The number of hydrogen-bond acceptors (Lipinski definition) is 2. The number of fused-ring (bicyclic) bond motifs is 1. The highest BCUT2D eigenvalue weighted by Gasteiger charge is 2.26. The number of likely N-dealkylation sites (tertiary alicyclic amines) is 1. The van der Waals surface area contributed by atoms with Gasteiger partial charge in [-0.3, -0.25) is 4.90 Å². The van der Waals surface area contributed by atoms with Crippen LogP contribution in [0.5, 0.6) is 5.75 Å². The Morgan fingerprint density at radius 2 is 1.70 bits per heavy atom. The smallest absolute Gasteiger partial charge is 0.122 e. The van der Waals surface area contributed by atoms with Crippen molar-refractivity contribution in [1.82, 2.24) is 4.90 Å². The number of hydrogen-bond donors (Lipinski definition) is 0. The molecule has 0 spiro atoms. The van der Waals surface area contributed by atoms with Crippen LogP contribution in [0.3, 0.4) is 0 Å². The lowest BCUT2D eigenvalue weighted by Gasteiger charge is -2.25. The lowest BCUT2D eigenvalue weighted by Crippen LogP contribution is -2.34. The third-order valence-electron chi connectivity index (χ3n) is 6.67. The SMILES string of the molecule is Cc1c(OCCCN2C(C)CC[C@H]2C)cccc1-c1cccc2c1CCC2. The van der Waals surface area contributed by atoms with Gasteiger partial charge in [0.1, 0.15) is 5.75 Å². The van der Waals surface area contributed by atoms with E-state index in [-0.39, 0.29) is 0 Å². The maximum atomic E-state index is 6.22. The molecule has 144 valence electrons. The summed E-state index contributed by atoms with van der Waals surface area (Å²) in [5, 5.41) is 0. The summed E-state index contributed by atoms with van der Waals surface area (Å²) >= 11 is 0. The molecule has 27 heavy (non-hydrogen) atoms. The summed E-state index contributed by atoms with van der Waals surface area (Å²) < 4.78 is 6.22. The Balaban J connectivity index is 1.43. The van der Waals surface area contributed by atoms with Gasteiger partial charge in [0.05, 0.1) is 6.61 Å². The maximum absolute atomic E-state index is 6.22. The van der Waals surface area contributed by atoms with Gasteiger partial charge in [0.25, 0.3) is 0 Å². The average molecular weight is 364 g/mol. The van der Waals surface area contributed by atoms with Crippen molar-refractivity contribution in [3.8, 4) is 16.9 Å². The summed E-state index contributed by atoms with van der Waals surface area (Å²) in [4.78, 5) is 2.64. The van der Waals surface area contributed by atoms with Crippen molar-refractivity contribution < 1.29 is 4.74 Å². The van der Waals surface area contributed by atoms with E-state index in [9.17, 15) is 0 Å². The second kappa shape index (κ2) is 8.06. The van der Waals surface area contributed by atoms with Crippen molar-refractivity contribution in [3.05, 3.63) is 53.1 Å². The van der Waals surface area contributed by atoms with Gasteiger partial charge in [-0.1, -0.05) is 30.3 Å². The van der Waals surface area contributed by atoms with Crippen molar-refractivity contribution >= 4 is 0 Å². The highest BCUT2D eigenvalue weighted by atomic mass is 16.5. The molecule has 2 heteroatoms. The van der Waals surface area contributed by atoms with Crippen LogP contribution in [0, 0.1) is 6.92 Å². The van der Waals surface area contributed by atoms with Gasteiger partial charge in [-0.15, -0.1) is 0 Å². The van der Waals surface area contributed by atoms with Crippen molar-refractivity contribution in [2.24, 2.45) is 0 Å². The minimum Gasteiger partial charge on any atom is -0.493 e. The van der Waals surface area contributed by atoms with E-state index in [0.29, 0.717) is 0 Å². The van der Waals surface area contributed by atoms with Crippen LogP contribution < -0.4 is 4.74 Å². The fourth-order valence-corrected chi connectivity index (χ4v) is 5.05. The Kier molecular flexibility index (Phi) is 5.54. The Hall–Kier alpha value is -1.80. The van der Waals surface area contributed by atoms with E-state index in [2.05, 4.69) is 62.1 Å². The Morgan fingerprint density at radius 3 is 2.52 bits per heavy atom. The molecular formula is C25H33NO. The topological polar surface area (TPSA) is 12.5 Å². The summed E-state index contributed by atoms with van der Waals surface area (Å²) in [6.45, 7) is 8.87. The van der Waals surface area contributed by atoms with Gasteiger partial charge in [0.2, 0.25) is 0 Å². The quantitative estimate of drug-likeness (QED) is 0.602. The van der Waals surface area contributed by atoms with E-state index in [1.165, 1.54) is 54.4 Å². The maximum Gasteiger partial charge on any atom is 0.122 e. The Morgan fingerprint density at radius 1 is 0.963 bits per heavy atom. The van der Waals surface area contributed by atoms with Gasteiger partial charge in [-0.05, 0) is 93.2 Å². The van der Waals surface area contributed by atoms with Crippen molar-refractivity contribution in [3.63, 3.8) is 0 Å². The van der Waals surface area contributed by atoms with Gasteiger partial charge in [0, 0.05) is 18.6 Å². The van der Waals surface area contributed by atoms with Crippen molar-refractivity contribution in [2.75, 3.05) is 13.2 Å². The van der Waals surface area contributed by atoms with E-state index in [4.69, 9.17) is 4.74 Å². The van der Waals surface area contributed by atoms with E-state index in [0.717, 1.165) is 37.4 Å². The second-order valence-corrected chi connectivity index (χ2v) is 8.44. The molecule has 1 aliphatic carbocycles. The lowest BCUT2D eigenvalue weighted by molar-refractivity contribution is 0.191. The summed E-state index contributed by atoms with van der Waals surface area (Å²) in [6.07, 6.45) is 7.50. The molecule has 0 radical (unpaired) electrons. The van der Waals surface area contributed by atoms with E-state index in [1.54, 1.807) is 5.56 Å². The molecule has 1 fully saturated rings. The zero-order chi connectivity index (χ0) is 18.8. The van der Waals surface area contributed by atoms with Crippen LogP contribution >= 0.6 is 0 Å². The monoisotopic (exact) mass is 363 g/mol. The zero-order valence-electron chi connectivity index (χ0n) is 17.1. The van der Waals surface area contributed by atoms with Gasteiger partial charge in [0.15, 0.2) is 0 Å². The Bertz CT molecular complexity index is 787. The Labute approximate surface area is 164 Å². The predicted molar refractivity (Wildman–Crippen MR) is 114 cm³/mol. The first-order valence-corrected chi connectivity index (χ1v) is 10.7. The normalized spacial score (nSPS) is 22.2. The fourth-order valence-electron chi connectivity index (χ4n) is 5.05. The molecule has 2 aromatic carbocycles. The number of benzene rings is 2. The molecule has 2 atom stereocenters. The third-order valence-corrected chi connectivity index (χ3v) is 6.67. The standard InChI is InChI=1S/C25H33NO/c1-18-14-15-19(2)26(18)16-7-17-27-25-13-6-10-22(20(25)3)24-12-5-9-21-8-4-11-23(21)24/h5-6,9-10,12-13,18-19H,4,7-8,11,14-17H2,1-3H3/t18-,19?/m1/s1. The second-order valence-electron chi connectivity index (χ2n) is 8.44. The minimum atomic E-state index is 0.727. The van der Waals surface area contributed by atoms with Gasteiger partial charge in [-0.25, -0.2) is 0 Å². The molecule has 0 amide bonds. The van der Waals surface area contributed by atoms with E-state index >= 15 is 0 Å². The summed E-state index contributed by atoms with van der Waals surface area (Å²) in [6, 6.07) is 14.8. The van der Waals surface area contributed by atoms with Crippen LogP contribution in [0.4, 0.5) is 0 Å². The highest BCUT2D eigenvalue weighted by Crippen LogP contribution is 2.36. The molecule has 0 aromatic heterocycles. The zero-order valence-corrected chi connectivity index (χ0v) is 17.1. The van der Waals surface area contributed by atoms with Gasteiger partial charge < -0.3 is 4.74 Å². The molecule has 2 aromatic rings. The van der Waals surface area contributed by atoms with E-state index in [1.807, 2.05) is 0 Å². The lowest BCUT2D eigenvalue weighted by atomic mass is 9.93. The van der Waals surface area contributed by atoms with Gasteiger partial charge >= 0.3 is 0 Å². The fraction of sp³-hybridized carbons (Fsp3) is 0.520. The summed E-state index contributed by atoms with van der Waals surface area (Å²) in [7, 11) is 0. The minimum absolute atomic E-state index is 0.727. The number of rotatable bonds is 6. The highest BCUT2D eigenvalue weighted by molar-refractivity contribution is 5.74. The first-order chi connectivity index (χ1) is 13.1. The molecule has 0 bridgehead atoms. The van der Waals surface area contributed by atoms with Crippen LogP contribution in [-0.4, -0.2) is 30.1 Å². The van der Waals surface area contributed by atoms with Crippen LogP contribution in [0.2, 0.25) is 0 Å². The molecule has 1 heterocycles. The molecule has 2 aliphatic rings. The number of nitrogens with zero attached hydrogens (tertiary/aromatic N) is 1. The number of ether oxygens (including phenoxy) is 1. The van der Waals surface area contributed by atoms with Crippen LogP contribution in [0.15, 0.2) is 36.4 Å². The summed E-state index contributed by atoms with van der Waals surface area (Å²) in [5.41, 5.74) is 7.11. The van der Waals surface area contributed by atoms with Gasteiger partial charge in [-0.2, -0.15) is 0 Å². The van der Waals surface area contributed by atoms with Crippen molar-refractivity contribution in [2.45, 2.75) is 71.4 Å². The van der Waals surface area contributed by atoms with Crippen LogP contribution in [0.25, 0.3) is 11.1 Å². The molecule has 0 saturated carbocycles. The van der Waals surface area contributed by atoms with Crippen molar-refractivity contribution in [1.29, 1.82) is 0 Å².